The number of anilines is 1. The fraction of sp³-hybridized carbons (Fsp3) is 0.158. The van der Waals surface area contributed by atoms with Crippen molar-refractivity contribution >= 4 is 34.8 Å². The second-order valence-electron chi connectivity index (χ2n) is 5.68. The van der Waals surface area contributed by atoms with Crippen LogP contribution in [-0.4, -0.2) is 22.8 Å². The normalized spacial score (nSPS) is 10.6. The molecule has 0 aliphatic heterocycles. The number of nitrogens with one attached hydrogen (secondary N) is 1. The molecular weight excluding hydrogens is 373 g/mol. The summed E-state index contributed by atoms with van der Waals surface area (Å²) in [4.78, 5) is 12.6. The van der Waals surface area contributed by atoms with E-state index in [-0.39, 0.29) is 11.1 Å². The Morgan fingerprint density at radius 3 is 2.50 bits per heavy atom. The topological polar surface area (TPSA) is 56.1 Å². The summed E-state index contributed by atoms with van der Waals surface area (Å²) in [6.07, 6.45) is 0. The first kappa shape index (κ1) is 18.3. The summed E-state index contributed by atoms with van der Waals surface area (Å²) in [5, 5.41) is 8.10. The Morgan fingerprint density at radius 1 is 1.15 bits per heavy atom. The van der Waals surface area contributed by atoms with Crippen molar-refractivity contribution in [1.29, 1.82) is 0 Å². The van der Waals surface area contributed by atoms with Crippen LogP contribution < -0.4 is 10.1 Å². The molecule has 0 aliphatic carbocycles. The van der Waals surface area contributed by atoms with Crippen LogP contribution in [0.3, 0.4) is 0 Å². The number of aromatic nitrogens is 2. The molecule has 134 valence electrons. The van der Waals surface area contributed by atoms with Gasteiger partial charge in [0.2, 0.25) is 0 Å². The minimum absolute atomic E-state index is 0.272. The molecule has 7 heteroatoms. The quantitative estimate of drug-likeness (QED) is 0.681. The van der Waals surface area contributed by atoms with E-state index in [1.54, 1.807) is 49.0 Å². The molecule has 2 aromatic carbocycles. The largest absolute Gasteiger partial charge is 0.497 e. The second-order valence-corrected chi connectivity index (χ2v) is 6.45. The maximum absolute atomic E-state index is 12.6. The van der Waals surface area contributed by atoms with Crippen LogP contribution in [0.5, 0.6) is 5.75 Å². The van der Waals surface area contributed by atoms with Crippen LogP contribution in [0.25, 0.3) is 0 Å². The highest BCUT2D eigenvalue weighted by Crippen LogP contribution is 2.24. The van der Waals surface area contributed by atoms with E-state index in [4.69, 9.17) is 27.9 Å². The van der Waals surface area contributed by atoms with Crippen molar-refractivity contribution in [2.24, 2.45) is 0 Å². The van der Waals surface area contributed by atoms with Crippen LogP contribution in [0.4, 0.5) is 5.69 Å². The summed E-state index contributed by atoms with van der Waals surface area (Å²) in [5.41, 5.74) is 2.41. The third kappa shape index (κ3) is 3.84. The van der Waals surface area contributed by atoms with Crippen LogP contribution >= 0.6 is 23.2 Å². The lowest BCUT2D eigenvalue weighted by molar-refractivity contribution is 0.102. The number of carbonyl (C=O) groups is 1. The van der Waals surface area contributed by atoms with E-state index in [2.05, 4.69) is 10.4 Å². The first-order valence-corrected chi connectivity index (χ1v) is 8.67. The highest BCUT2D eigenvalue weighted by Gasteiger charge is 2.21. The number of hydrogen-bond donors (Lipinski definition) is 1. The third-order valence-electron chi connectivity index (χ3n) is 3.92. The average molecular weight is 390 g/mol. The van der Waals surface area contributed by atoms with E-state index in [0.29, 0.717) is 34.3 Å². The van der Waals surface area contributed by atoms with Crippen LogP contribution in [0.2, 0.25) is 10.2 Å². The molecule has 1 aromatic heterocycles. The minimum Gasteiger partial charge on any atom is -0.497 e. The second kappa shape index (κ2) is 7.81. The molecular formula is C19H17Cl2N3O2. The summed E-state index contributed by atoms with van der Waals surface area (Å²) >= 11 is 12.6. The third-order valence-corrected chi connectivity index (χ3v) is 4.67. The predicted octanol–water partition coefficient (Wildman–Crippen LogP) is 4.81. The molecule has 0 saturated carbocycles. The maximum Gasteiger partial charge on any atom is 0.260 e. The zero-order chi connectivity index (χ0) is 18.7. The molecule has 0 unspecified atom stereocenters. The number of rotatable bonds is 5. The number of ether oxygens (including phenoxy) is 1. The van der Waals surface area contributed by atoms with Crippen LogP contribution in [0.15, 0.2) is 48.5 Å². The molecule has 0 fully saturated rings. The van der Waals surface area contributed by atoms with E-state index in [1.807, 2.05) is 18.2 Å². The molecule has 1 amide bonds. The zero-order valence-corrected chi connectivity index (χ0v) is 15.8. The van der Waals surface area contributed by atoms with E-state index < -0.39 is 0 Å². The van der Waals surface area contributed by atoms with Crippen molar-refractivity contribution in [1.82, 2.24) is 9.78 Å². The highest BCUT2D eigenvalue weighted by atomic mass is 35.5. The number of amides is 1. The average Bonchev–Trinajstić information content (AvgIpc) is 2.91. The smallest absolute Gasteiger partial charge is 0.260 e. The first-order chi connectivity index (χ1) is 12.5. The summed E-state index contributed by atoms with van der Waals surface area (Å²) in [6, 6.07) is 14.5. The molecule has 1 N–H and O–H groups in total. The Hall–Kier alpha value is -2.50. The Morgan fingerprint density at radius 2 is 1.85 bits per heavy atom. The molecule has 0 bridgehead atoms. The van der Waals surface area contributed by atoms with Gasteiger partial charge in [0, 0.05) is 10.7 Å². The number of halogens is 2. The van der Waals surface area contributed by atoms with E-state index in [0.717, 1.165) is 5.56 Å². The van der Waals surface area contributed by atoms with Crippen molar-refractivity contribution in [3.8, 4) is 5.75 Å². The number of benzene rings is 2. The molecule has 26 heavy (non-hydrogen) atoms. The monoisotopic (exact) mass is 389 g/mol. The lowest BCUT2D eigenvalue weighted by atomic mass is 10.2. The summed E-state index contributed by atoms with van der Waals surface area (Å²) < 4.78 is 6.68. The van der Waals surface area contributed by atoms with Crippen molar-refractivity contribution in [3.05, 3.63) is 75.5 Å². The minimum atomic E-state index is -0.317. The Balaban J connectivity index is 1.82. The molecule has 1 heterocycles. The number of aryl methyl sites for hydroxylation is 1. The predicted molar refractivity (Wildman–Crippen MR) is 103 cm³/mol. The van der Waals surface area contributed by atoms with E-state index in [1.165, 1.54) is 0 Å². The van der Waals surface area contributed by atoms with Crippen molar-refractivity contribution in [3.63, 3.8) is 0 Å². The van der Waals surface area contributed by atoms with Gasteiger partial charge in [-0.3, -0.25) is 4.79 Å². The van der Waals surface area contributed by atoms with Gasteiger partial charge in [0.15, 0.2) is 0 Å². The fourth-order valence-corrected chi connectivity index (χ4v) is 3.09. The molecule has 3 rings (SSSR count). The van der Waals surface area contributed by atoms with Crippen LogP contribution in [0, 0.1) is 6.92 Å². The lowest BCUT2D eigenvalue weighted by Crippen LogP contribution is -2.13. The van der Waals surface area contributed by atoms with Gasteiger partial charge in [0.05, 0.1) is 24.9 Å². The van der Waals surface area contributed by atoms with Crippen molar-refractivity contribution in [2.45, 2.75) is 13.5 Å². The SMILES string of the molecule is COc1ccc(NC(=O)c2c(C)nn(Cc3ccccc3Cl)c2Cl)cc1. The van der Waals surface area contributed by atoms with Crippen molar-refractivity contribution < 1.29 is 9.53 Å². The zero-order valence-electron chi connectivity index (χ0n) is 14.3. The molecule has 0 aliphatic rings. The van der Waals surface area contributed by atoms with Gasteiger partial charge >= 0.3 is 0 Å². The van der Waals surface area contributed by atoms with Gasteiger partial charge in [-0.15, -0.1) is 0 Å². The van der Waals surface area contributed by atoms with Crippen LogP contribution in [-0.2, 0) is 6.54 Å². The molecule has 3 aromatic rings. The number of hydrogen-bond acceptors (Lipinski definition) is 3. The van der Waals surface area contributed by atoms with Gasteiger partial charge < -0.3 is 10.1 Å². The molecule has 0 spiro atoms. The standard InChI is InChI=1S/C19H17Cl2N3O2/c1-12-17(19(25)22-14-7-9-15(26-2)10-8-14)18(21)24(23-12)11-13-5-3-4-6-16(13)20/h3-10H,11H2,1-2H3,(H,22,25). The Kier molecular flexibility index (Phi) is 5.49. The summed E-state index contributed by atoms with van der Waals surface area (Å²) in [5.74, 6) is 0.396. The molecule has 0 saturated heterocycles. The lowest BCUT2D eigenvalue weighted by Gasteiger charge is -2.07. The van der Waals surface area contributed by atoms with Crippen LogP contribution in [0.1, 0.15) is 21.6 Å². The molecule has 0 radical (unpaired) electrons. The van der Waals surface area contributed by atoms with Gasteiger partial charge in [0.1, 0.15) is 10.9 Å². The van der Waals surface area contributed by atoms with Crippen molar-refractivity contribution in [2.75, 3.05) is 12.4 Å². The van der Waals surface area contributed by atoms with Gasteiger partial charge in [-0.05, 0) is 42.8 Å². The van der Waals surface area contributed by atoms with Gasteiger partial charge in [-0.25, -0.2) is 4.68 Å². The Labute approximate surface area is 161 Å². The fourth-order valence-electron chi connectivity index (χ4n) is 2.57. The molecule has 5 nitrogen and oxygen atoms in total. The number of carbonyl (C=O) groups excluding carboxylic acids is 1. The molecule has 0 atom stereocenters. The Bertz CT molecular complexity index is 936. The summed E-state index contributed by atoms with van der Waals surface area (Å²) in [7, 11) is 1.59. The van der Waals surface area contributed by atoms with Gasteiger partial charge in [0.25, 0.3) is 5.91 Å². The number of methoxy groups -OCH3 is 1. The summed E-state index contributed by atoms with van der Waals surface area (Å²) in [6.45, 7) is 2.13. The van der Waals surface area contributed by atoms with E-state index >= 15 is 0 Å². The van der Waals surface area contributed by atoms with E-state index in [9.17, 15) is 4.79 Å². The first-order valence-electron chi connectivity index (χ1n) is 7.91. The maximum atomic E-state index is 12.6. The van der Waals surface area contributed by atoms with Gasteiger partial charge in [-0.1, -0.05) is 41.4 Å². The van der Waals surface area contributed by atoms with Gasteiger partial charge in [-0.2, -0.15) is 5.10 Å². The number of nitrogens with zero attached hydrogens (tertiary/aromatic N) is 2. The highest BCUT2D eigenvalue weighted by molar-refractivity contribution is 6.34.